The molecule has 0 aromatic carbocycles. The van der Waals surface area contributed by atoms with Crippen LogP contribution in [-0.2, 0) is 11.2 Å². The van der Waals surface area contributed by atoms with Gasteiger partial charge in [0.1, 0.15) is 5.60 Å². The van der Waals surface area contributed by atoms with Gasteiger partial charge >= 0.3 is 6.09 Å². The molecule has 0 bridgehead atoms. The molecule has 198 valence electrons. The number of halogens is 3. The van der Waals surface area contributed by atoms with Gasteiger partial charge in [0.15, 0.2) is 0 Å². The molecule has 0 saturated heterocycles. The maximum atomic E-state index is 12.6. The number of carbonyl (C=O) groups is 2. The summed E-state index contributed by atoms with van der Waals surface area (Å²) in [5.41, 5.74) is 1.10. The van der Waals surface area contributed by atoms with Crippen molar-refractivity contribution in [3.05, 3.63) is 46.8 Å². The van der Waals surface area contributed by atoms with Crippen LogP contribution in [-0.4, -0.2) is 47.8 Å². The van der Waals surface area contributed by atoms with Gasteiger partial charge in [0.25, 0.3) is 3.79 Å². The van der Waals surface area contributed by atoms with Gasteiger partial charge in [-0.2, -0.15) is 0 Å². The highest BCUT2D eigenvalue weighted by molar-refractivity contribution is 6.77. The molecular weight excluding hydrogens is 513 g/mol. The lowest BCUT2D eigenvalue weighted by Gasteiger charge is -2.24. The average Bonchev–Trinajstić information content (AvgIpc) is 3.11. The molecule has 1 aromatic heterocycles. The number of aromatic nitrogens is 1. The second-order valence-electron chi connectivity index (χ2n) is 10.5. The van der Waals surface area contributed by atoms with Crippen molar-refractivity contribution < 1.29 is 24.5 Å². The van der Waals surface area contributed by atoms with Gasteiger partial charge in [-0.3, -0.25) is 4.79 Å². The Labute approximate surface area is 223 Å². The Kier molecular flexibility index (Phi) is 11.6. The molecule has 0 spiro atoms. The van der Waals surface area contributed by atoms with Crippen molar-refractivity contribution in [3.8, 4) is 0 Å². The Morgan fingerprint density at radius 1 is 1.06 bits per heavy atom. The zero-order valence-corrected chi connectivity index (χ0v) is 23.9. The molecule has 0 radical (unpaired) electrons. The van der Waals surface area contributed by atoms with Crippen LogP contribution in [0.3, 0.4) is 0 Å². The molecule has 0 unspecified atom stereocenters. The first-order valence-corrected chi connectivity index (χ1v) is 12.7. The second kappa shape index (κ2) is 12.8. The molecule has 1 heterocycles. The molecule has 2 N–H and O–H groups in total. The van der Waals surface area contributed by atoms with Crippen molar-refractivity contribution in [2.75, 3.05) is 0 Å². The van der Waals surface area contributed by atoms with E-state index in [9.17, 15) is 19.8 Å². The van der Waals surface area contributed by atoms with Crippen molar-refractivity contribution in [1.82, 2.24) is 4.57 Å². The molecule has 1 atom stereocenters. The zero-order chi connectivity index (χ0) is 27.2. The zero-order valence-electron chi connectivity index (χ0n) is 21.6. The average molecular weight is 551 g/mol. The number of nitrogens with zero attached hydrogens (tertiary/aromatic N) is 1. The molecule has 6 nitrogen and oxygen atoms in total. The topological polar surface area (TPSA) is 88.8 Å². The summed E-state index contributed by atoms with van der Waals surface area (Å²) in [5.74, 6) is -0.810. The fraction of sp³-hybridized carbons (Fsp3) is 0.615. The van der Waals surface area contributed by atoms with Gasteiger partial charge in [0.05, 0.1) is 17.4 Å². The van der Waals surface area contributed by atoms with Crippen LogP contribution in [0.25, 0.3) is 0 Å². The predicted octanol–water partition coefficient (Wildman–Crippen LogP) is 6.95. The van der Waals surface area contributed by atoms with E-state index in [1.165, 1.54) is 12.3 Å². The molecule has 0 saturated carbocycles. The third-order valence-electron chi connectivity index (χ3n) is 5.30. The lowest BCUT2D eigenvalue weighted by molar-refractivity contribution is -0.0509. The van der Waals surface area contributed by atoms with Crippen LogP contribution in [0.4, 0.5) is 4.79 Å². The van der Waals surface area contributed by atoms with E-state index in [2.05, 4.69) is 6.08 Å². The molecule has 35 heavy (non-hydrogen) atoms. The second-order valence-corrected chi connectivity index (χ2v) is 12.7. The summed E-state index contributed by atoms with van der Waals surface area (Å²) in [7, 11) is 0. The van der Waals surface area contributed by atoms with E-state index in [1.807, 2.05) is 19.9 Å². The quantitative estimate of drug-likeness (QED) is 0.187. The van der Waals surface area contributed by atoms with Crippen molar-refractivity contribution in [3.63, 3.8) is 0 Å². The monoisotopic (exact) mass is 549 g/mol. The summed E-state index contributed by atoms with van der Waals surface area (Å²) in [6.45, 7) is 12.4. The van der Waals surface area contributed by atoms with Crippen molar-refractivity contribution >= 4 is 46.7 Å². The summed E-state index contributed by atoms with van der Waals surface area (Å²) in [4.78, 5) is 25.2. The molecule has 1 aromatic rings. The number of aliphatic hydroxyl groups is 2. The van der Waals surface area contributed by atoms with Crippen LogP contribution in [0, 0.1) is 0 Å². The van der Waals surface area contributed by atoms with E-state index < -0.39 is 33.0 Å². The summed E-state index contributed by atoms with van der Waals surface area (Å²) in [6.07, 6.45) is 7.57. The fourth-order valence-corrected chi connectivity index (χ4v) is 3.46. The first kappa shape index (κ1) is 31.7. The number of aliphatic hydroxyl groups excluding tert-OH is 1. The first-order valence-electron chi connectivity index (χ1n) is 11.6. The molecule has 0 amide bonds. The Bertz CT molecular complexity index is 944. The van der Waals surface area contributed by atoms with Gasteiger partial charge in [-0.25, -0.2) is 9.36 Å². The highest BCUT2D eigenvalue weighted by Crippen LogP contribution is 2.31. The number of ketones is 1. The van der Waals surface area contributed by atoms with E-state index in [-0.39, 0.29) is 5.69 Å². The van der Waals surface area contributed by atoms with Crippen LogP contribution < -0.4 is 0 Å². The summed E-state index contributed by atoms with van der Waals surface area (Å²) >= 11 is 17.3. The third-order valence-corrected chi connectivity index (χ3v) is 5.82. The van der Waals surface area contributed by atoms with Gasteiger partial charge in [0, 0.05) is 6.20 Å². The minimum atomic E-state index is -2.20. The van der Waals surface area contributed by atoms with E-state index in [0.29, 0.717) is 24.8 Å². The molecule has 9 heteroatoms. The Balaban J connectivity index is 2.86. The van der Waals surface area contributed by atoms with Crippen LogP contribution in [0.1, 0.15) is 90.2 Å². The number of carbonyl (C=O) groups excluding carboxylic acids is 2. The van der Waals surface area contributed by atoms with Crippen molar-refractivity contribution in [2.24, 2.45) is 0 Å². The van der Waals surface area contributed by atoms with Gasteiger partial charge in [-0.15, -0.1) is 0 Å². The number of ether oxygens (including phenoxy) is 1. The van der Waals surface area contributed by atoms with Crippen LogP contribution in [0.5, 0.6) is 0 Å². The standard InChI is InChI=1S/C26H38Cl3NO5/c1-17(9-8-10-18(2)12-14-21(31)25(6,7)34)11-13-19-15-20(22(32)26(27,28)29)30(16-19)23(33)35-24(3,4)5/h10-11,15-16,21,31,34H,8-9,12-14H2,1-7H3/b17-11+,18-10+/t21-/m1/s1. The summed E-state index contributed by atoms with van der Waals surface area (Å²) in [5, 5.41) is 19.8. The van der Waals surface area contributed by atoms with Crippen molar-refractivity contribution in [1.29, 1.82) is 0 Å². The molecule has 0 fully saturated rings. The molecule has 0 aliphatic heterocycles. The number of hydrogen-bond donors (Lipinski definition) is 2. The summed E-state index contributed by atoms with van der Waals surface area (Å²) in [6, 6.07) is 1.54. The SMILES string of the molecule is C/C(=C\Cc1cc(C(=O)C(Cl)(Cl)Cl)n(C(=O)OC(C)(C)C)c1)CC/C=C(\C)CC[C@@H](O)C(C)(C)O. The van der Waals surface area contributed by atoms with Crippen LogP contribution >= 0.6 is 34.8 Å². The van der Waals surface area contributed by atoms with E-state index in [1.54, 1.807) is 34.6 Å². The highest BCUT2D eigenvalue weighted by atomic mass is 35.6. The highest BCUT2D eigenvalue weighted by Gasteiger charge is 2.35. The van der Waals surface area contributed by atoms with E-state index in [4.69, 9.17) is 39.5 Å². The van der Waals surface area contributed by atoms with Crippen LogP contribution in [0.15, 0.2) is 35.6 Å². The molecule has 1 rings (SSSR count). The smallest absolute Gasteiger partial charge is 0.419 e. The summed E-state index contributed by atoms with van der Waals surface area (Å²) < 4.78 is 4.27. The van der Waals surface area contributed by atoms with Gasteiger partial charge in [0.2, 0.25) is 5.78 Å². The van der Waals surface area contributed by atoms with E-state index >= 15 is 0 Å². The number of alkyl halides is 3. The first-order chi connectivity index (χ1) is 15.8. The number of Topliss-reactive ketones (excluding diaryl/α,β-unsaturated/α-hetero) is 1. The third kappa shape index (κ3) is 11.5. The lowest BCUT2D eigenvalue weighted by Crippen LogP contribution is -2.35. The van der Waals surface area contributed by atoms with Gasteiger partial charge in [-0.05, 0) is 92.2 Å². The molecule has 0 aliphatic carbocycles. The fourth-order valence-electron chi connectivity index (χ4n) is 3.17. The Hall–Kier alpha value is -1.31. The predicted molar refractivity (Wildman–Crippen MR) is 143 cm³/mol. The molecular formula is C26H38Cl3NO5. The van der Waals surface area contributed by atoms with Gasteiger partial charge < -0.3 is 14.9 Å². The Morgan fingerprint density at radius 3 is 2.14 bits per heavy atom. The number of hydrogen-bond acceptors (Lipinski definition) is 5. The minimum Gasteiger partial charge on any atom is -0.443 e. The van der Waals surface area contributed by atoms with Crippen molar-refractivity contribution in [2.45, 2.75) is 102 Å². The van der Waals surface area contributed by atoms with Crippen LogP contribution in [0.2, 0.25) is 0 Å². The van der Waals surface area contributed by atoms with Gasteiger partial charge in [-0.1, -0.05) is 58.1 Å². The number of rotatable bonds is 10. The lowest BCUT2D eigenvalue weighted by atomic mass is 9.95. The minimum absolute atomic E-state index is 0.0490. The Morgan fingerprint density at radius 2 is 1.63 bits per heavy atom. The maximum absolute atomic E-state index is 12.6. The largest absolute Gasteiger partial charge is 0.443 e. The normalized spacial score (nSPS) is 14.7. The molecule has 0 aliphatic rings. The van der Waals surface area contributed by atoms with E-state index in [0.717, 1.165) is 28.6 Å². The number of allylic oxidation sites excluding steroid dienone is 4. The maximum Gasteiger partial charge on any atom is 0.419 e.